The summed E-state index contributed by atoms with van der Waals surface area (Å²) in [5, 5.41) is 2.77. The number of amides is 1. The highest BCUT2D eigenvalue weighted by Gasteiger charge is 2.21. The van der Waals surface area contributed by atoms with E-state index >= 15 is 0 Å². The molecule has 1 N–H and O–H groups in total. The van der Waals surface area contributed by atoms with Crippen LogP contribution in [0.4, 0.5) is 5.69 Å². The monoisotopic (exact) mass is 482 g/mol. The second-order valence-corrected chi connectivity index (χ2v) is 10.0. The van der Waals surface area contributed by atoms with Gasteiger partial charge < -0.3 is 14.8 Å². The van der Waals surface area contributed by atoms with Gasteiger partial charge in [-0.25, -0.2) is 8.42 Å². The van der Waals surface area contributed by atoms with Gasteiger partial charge in [-0.05, 0) is 61.4 Å². The molecule has 0 aliphatic carbocycles. The van der Waals surface area contributed by atoms with E-state index in [9.17, 15) is 13.2 Å². The van der Waals surface area contributed by atoms with E-state index in [0.717, 1.165) is 27.4 Å². The van der Waals surface area contributed by atoms with Crippen LogP contribution in [0.5, 0.6) is 11.5 Å². The van der Waals surface area contributed by atoms with E-state index in [1.54, 1.807) is 24.3 Å². The maximum Gasteiger partial charge on any atom is 0.241 e. The summed E-state index contributed by atoms with van der Waals surface area (Å²) in [5.74, 6) is 0.956. The molecule has 34 heavy (non-hydrogen) atoms. The average Bonchev–Trinajstić information content (AvgIpc) is 2.81. The number of nitrogens with one attached hydrogen (secondary N) is 1. The van der Waals surface area contributed by atoms with Gasteiger partial charge in [0.15, 0.2) is 0 Å². The van der Waals surface area contributed by atoms with E-state index in [-0.39, 0.29) is 19.2 Å². The van der Waals surface area contributed by atoms with Crippen LogP contribution in [0.3, 0.4) is 0 Å². The molecule has 3 rings (SSSR count). The van der Waals surface area contributed by atoms with E-state index in [2.05, 4.69) is 5.32 Å². The highest BCUT2D eigenvalue weighted by Crippen LogP contribution is 2.22. The van der Waals surface area contributed by atoms with Crippen molar-refractivity contribution in [1.29, 1.82) is 0 Å². The lowest BCUT2D eigenvalue weighted by molar-refractivity contribution is -0.119. The van der Waals surface area contributed by atoms with Gasteiger partial charge in [0.1, 0.15) is 24.7 Å². The fourth-order valence-electron chi connectivity index (χ4n) is 3.19. The summed E-state index contributed by atoms with van der Waals surface area (Å²) in [7, 11) is -3.67. The minimum Gasteiger partial charge on any atom is -0.491 e. The largest absolute Gasteiger partial charge is 0.491 e. The fourth-order valence-corrected chi connectivity index (χ4v) is 4.05. The van der Waals surface area contributed by atoms with Crippen LogP contribution in [0.25, 0.3) is 0 Å². The number of benzene rings is 3. The van der Waals surface area contributed by atoms with Crippen molar-refractivity contribution in [3.8, 4) is 11.5 Å². The first kappa shape index (κ1) is 25.1. The Morgan fingerprint density at radius 1 is 0.882 bits per heavy atom. The number of ether oxygens (including phenoxy) is 2. The second kappa shape index (κ2) is 11.6. The molecule has 8 heteroatoms. The minimum absolute atomic E-state index is 0.0806. The molecular formula is C26H30N2O5S. The van der Waals surface area contributed by atoms with Gasteiger partial charge >= 0.3 is 0 Å². The van der Waals surface area contributed by atoms with Crippen molar-refractivity contribution < 1.29 is 22.7 Å². The first-order valence-corrected chi connectivity index (χ1v) is 12.8. The SMILES string of the molecule is CC(C)Oc1ccc(CNC(=O)CN(c2ccc(OCc3ccccc3)cc2)S(C)(=O)=O)cc1. The molecule has 3 aromatic rings. The molecule has 1 amide bonds. The molecule has 0 fully saturated rings. The van der Waals surface area contributed by atoms with Gasteiger partial charge in [-0.1, -0.05) is 42.5 Å². The summed E-state index contributed by atoms with van der Waals surface area (Å²) in [4.78, 5) is 12.5. The van der Waals surface area contributed by atoms with E-state index in [1.165, 1.54) is 0 Å². The normalized spacial score (nSPS) is 11.2. The highest BCUT2D eigenvalue weighted by molar-refractivity contribution is 7.92. The Kier molecular flexibility index (Phi) is 8.54. The van der Waals surface area contributed by atoms with Gasteiger partial charge in [-0.3, -0.25) is 9.10 Å². The topological polar surface area (TPSA) is 84.9 Å². The van der Waals surface area contributed by atoms with Crippen molar-refractivity contribution in [3.63, 3.8) is 0 Å². The van der Waals surface area contributed by atoms with Crippen molar-refractivity contribution in [1.82, 2.24) is 5.32 Å². The number of carbonyl (C=O) groups excluding carboxylic acids is 1. The zero-order valence-corrected chi connectivity index (χ0v) is 20.4. The summed E-state index contributed by atoms with van der Waals surface area (Å²) in [6.45, 7) is 4.27. The first-order chi connectivity index (χ1) is 16.2. The molecule has 0 bridgehead atoms. The van der Waals surface area contributed by atoms with E-state index < -0.39 is 15.9 Å². The third kappa shape index (κ3) is 7.81. The fraction of sp³-hybridized carbons (Fsp3) is 0.269. The number of carbonyl (C=O) groups is 1. The molecular weight excluding hydrogens is 452 g/mol. The predicted octanol–water partition coefficient (Wildman–Crippen LogP) is 4.14. The predicted molar refractivity (Wildman–Crippen MR) is 133 cm³/mol. The summed E-state index contributed by atoms with van der Waals surface area (Å²) in [5.41, 5.74) is 2.30. The Morgan fingerprint density at radius 3 is 2.09 bits per heavy atom. The van der Waals surface area contributed by atoms with E-state index in [4.69, 9.17) is 9.47 Å². The van der Waals surface area contributed by atoms with Crippen molar-refractivity contribution >= 4 is 21.6 Å². The van der Waals surface area contributed by atoms with Crippen molar-refractivity contribution in [2.45, 2.75) is 33.1 Å². The summed E-state index contributed by atoms with van der Waals surface area (Å²) >= 11 is 0. The van der Waals surface area contributed by atoms with Crippen molar-refractivity contribution in [2.24, 2.45) is 0 Å². The van der Waals surface area contributed by atoms with Crippen LogP contribution in [-0.4, -0.2) is 33.2 Å². The van der Waals surface area contributed by atoms with Crippen LogP contribution in [0.1, 0.15) is 25.0 Å². The second-order valence-electron chi connectivity index (χ2n) is 8.13. The third-order valence-electron chi connectivity index (χ3n) is 4.85. The molecule has 0 unspecified atom stereocenters. The maximum absolute atomic E-state index is 12.5. The molecule has 0 aliphatic heterocycles. The number of hydrogen-bond acceptors (Lipinski definition) is 5. The van der Waals surface area contributed by atoms with Crippen molar-refractivity contribution in [2.75, 3.05) is 17.1 Å². The van der Waals surface area contributed by atoms with Gasteiger partial charge in [-0.2, -0.15) is 0 Å². The molecule has 0 aliphatic rings. The van der Waals surface area contributed by atoms with Crippen LogP contribution in [-0.2, 0) is 28.0 Å². The Balaban J connectivity index is 1.58. The third-order valence-corrected chi connectivity index (χ3v) is 5.99. The Hall–Kier alpha value is -3.52. The first-order valence-electron chi connectivity index (χ1n) is 11.0. The molecule has 180 valence electrons. The summed E-state index contributed by atoms with van der Waals surface area (Å²) in [6.07, 6.45) is 1.16. The van der Waals surface area contributed by atoms with Crippen molar-refractivity contribution in [3.05, 3.63) is 90.0 Å². The number of anilines is 1. The highest BCUT2D eigenvalue weighted by atomic mass is 32.2. The van der Waals surface area contributed by atoms with Crippen LogP contribution in [0, 0.1) is 0 Å². The Labute approximate surface area is 201 Å². The molecule has 0 aromatic heterocycles. The summed E-state index contributed by atoms with van der Waals surface area (Å²) in [6, 6.07) is 23.8. The van der Waals surface area contributed by atoms with Gasteiger partial charge in [0.2, 0.25) is 15.9 Å². The number of hydrogen-bond donors (Lipinski definition) is 1. The van der Waals surface area contributed by atoms with Gasteiger partial charge in [0.05, 0.1) is 18.0 Å². The molecule has 0 saturated carbocycles. The Bertz CT molecular complexity index is 1160. The molecule has 0 heterocycles. The standard InChI is InChI=1S/C26H30N2O5S/c1-20(2)33-25-13-9-21(10-14-25)17-27-26(29)18-28(34(3,30)31)23-11-15-24(16-12-23)32-19-22-7-5-4-6-8-22/h4-16,20H,17-19H2,1-3H3,(H,27,29). The molecule has 0 radical (unpaired) electrons. The smallest absolute Gasteiger partial charge is 0.241 e. The number of sulfonamides is 1. The minimum atomic E-state index is -3.67. The van der Waals surface area contributed by atoms with Crippen LogP contribution < -0.4 is 19.1 Å². The zero-order chi connectivity index (χ0) is 24.6. The summed E-state index contributed by atoms with van der Waals surface area (Å²) < 4.78 is 37.2. The lowest BCUT2D eigenvalue weighted by Crippen LogP contribution is -2.40. The van der Waals surface area contributed by atoms with Gasteiger partial charge in [0, 0.05) is 6.54 Å². The van der Waals surface area contributed by atoms with Gasteiger partial charge in [-0.15, -0.1) is 0 Å². The molecule has 0 saturated heterocycles. The van der Waals surface area contributed by atoms with Crippen LogP contribution >= 0.6 is 0 Å². The number of rotatable bonds is 11. The van der Waals surface area contributed by atoms with Gasteiger partial charge in [0.25, 0.3) is 0 Å². The molecule has 0 atom stereocenters. The maximum atomic E-state index is 12.5. The van der Waals surface area contributed by atoms with Crippen LogP contribution in [0.15, 0.2) is 78.9 Å². The quantitative estimate of drug-likeness (QED) is 0.444. The Morgan fingerprint density at radius 2 is 1.50 bits per heavy atom. The lowest BCUT2D eigenvalue weighted by atomic mass is 10.2. The molecule has 0 spiro atoms. The molecule has 3 aromatic carbocycles. The van der Waals surface area contributed by atoms with E-state index in [1.807, 2.05) is 68.4 Å². The van der Waals surface area contributed by atoms with E-state index in [0.29, 0.717) is 18.0 Å². The average molecular weight is 483 g/mol. The zero-order valence-electron chi connectivity index (χ0n) is 19.6. The number of nitrogens with zero attached hydrogens (tertiary/aromatic N) is 1. The lowest BCUT2D eigenvalue weighted by Gasteiger charge is -2.22. The van der Waals surface area contributed by atoms with Crippen LogP contribution in [0.2, 0.25) is 0 Å². The molecule has 7 nitrogen and oxygen atoms in total.